The lowest BCUT2D eigenvalue weighted by atomic mass is 10.1. The highest BCUT2D eigenvalue weighted by Gasteiger charge is 2.14. The Hall–Kier alpha value is -3.09. The Morgan fingerprint density at radius 2 is 1.96 bits per heavy atom. The van der Waals surface area contributed by atoms with Crippen LogP contribution in [0.15, 0.2) is 48.5 Å². The van der Waals surface area contributed by atoms with Crippen molar-refractivity contribution in [2.45, 2.75) is 25.8 Å². The minimum atomic E-state index is -0.516. The number of nitro groups is 1. The van der Waals surface area contributed by atoms with Crippen molar-refractivity contribution in [3.63, 3.8) is 0 Å². The van der Waals surface area contributed by atoms with E-state index in [1.807, 2.05) is 25.1 Å². The maximum Gasteiger partial charge on any atom is 0.319 e. The number of urea groups is 1. The summed E-state index contributed by atoms with van der Waals surface area (Å²) in [6.07, 6.45) is 1.66. The molecule has 0 heterocycles. The minimum Gasteiger partial charge on any atom is -0.494 e. The van der Waals surface area contributed by atoms with Crippen LogP contribution in [-0.4, -0.2) is 24.1 Å². The number of hydrogen-bond acceptors (Lipinski definition) is 4. The van der Waals surface area contributed by atoms with Gasteiger partial charge in [-0.2, -0.15) is 0 Å². The smallest absolute Gasteiger partial charge is 0.319 e. The number of carbonyl (C=O) groups excluding carboxylic acids is 1. The molecule has 2 amide bonds. The van der Waals surface area contributed by atoms with Crippen molar-refractivity contribution in [2.75, 3.05) is 12.4 Å². The third-order valence-corrected chi connectivity index (χ3v) is 3.73. The zero-order chi connectivity index (χ0) is 18.2. The maximum absolute atomic E-state index is 12.1. The number of amides is 2. The number of aryl methyl sites for hydroxylation is 1. The molecule has 2 aromatic carbocycles. The van der Waals surface area contributed by atoms with Crippen LogP contribution < -0.4 is 15.4 Å². The monoisotopic (exact) mass is 343 g/mol. The van der Waals surface area contributed by atoms with Crippen LogP contribution in [0.3, 0.4) is 0 Å². The van der Waals surface area contributed by atoms with Gasteiger partial charge in [-0.15, -0.1) is 0 Å². The molecule has 7 nitrogen and oxygen atoms in total. The number of benzene rings is 2. The number of non-ortho nitro benzene ring substituents is 1. The number of hydrogen-bond donors (Lipinski definition) is 2. The van der Waals surface area contributed by atoms with Crippen LogP contribution in [0, 0.1) is 10.1 Å². The van der Waals surface area contributed by atoms with Crippen LogP contribution in [0.5, 0.6) is 5.75 Å². The van der Waals surface area contributed by atoms with E-state index in [-0.39, 0.29) is 23.5 Å². The van der Waals surface area contributed by atoms with E-state index in [2.05, 4.69) is 22.8 Å². The zero-order valence-corrected chi connectivity index (χ0v) is 14.2. The van der Waals surface area contributed by atoms with Crippen molar-refractivity contribution >= 4 is 17.4 Å². The Balaban J connectivity index is 1.90. The summed E-state index contributed by atoms with van der Waals surface area (Å²) in [5, 5.41) is 16.3. The highest BCUT2D eigenvalue weighted by Crippen LogP contribution is 2.28. The fourth-order valence-corrected chi connectivity index (χ4v) is 2.38. The van der Waals surface area contributed by atoms with E-state index >= 15 is 0 Å². The lowest BCUT2D eigenvalue weighted by molar-refractivity contribution is -0.384. The van der Waals surface area contributed by atoms with E-state index in [1.165, 1.54) is 30.9 Å². The second kappa shape index (κ2) is 8.68. The Morgan fingerprint density at radius 3 is 2.60 bits per heavy atom. The molecule has 2 aromatic rings. The van der Waals surface area contributed by atoms with Gasteiger partial charge >= 0.3 is 6.03 Å². The average molecular weight is 343 g/mol. The van der Waals surface area contributed by atoms with E-state index in [9.17, 15) is 14.9 Å². The summed E-state index contributed by atoms with van der Waals surface area (Å²) in [7, 11) is 1.39. The third kappa shape index (κ3) is 5.49. The number of anilines is 1. The molecule has 132 valence electrons. The molecule has 0 aliphatic heterocycles. The van der Waals surface area contributed by atoms with Crippen LogP contribution >= 0.6 is 0 Å². The predicted molar refractivity (Wildman–Crippen MR) is 96.0 cm³/mol. The second-order valence-corrected chi connectivity index (χ2v) is 5.67. The molecular formula is C18H21N3O4. The minimum absolute atomic E-state index is 0.0238. The van der Waals surface area contributed by atoms with Gasteiger partial charge in [0.2, 0.25) is 0 Å². The first-order valence-corrected chi connectivity index (χ1v) is 7.93. The summed E-state index contributed by atoms with van der Waals surface area (Å²) < 4.78 is 5.10. The summed E-state index contributed by atoms with van der Waals surface area (Å²) in [6.45, 7) is 1.93. The molecule has 25 heavy (non-hydrogen) atoms. The molecule has 0 aliphatic rings. The predicted octanol–water partition coefficient (Wildman–Crippen LogP) is 3.75. The lowest BCUT2D eigenvalue weighted by Gasteiger charge is -2.16. The average Bonchev–Trinajstić information content (AvgIpc) is 2.61. The van der Waals surface area contributed by atoms with Crippen molar-refractivity contribution in [1.82, 2.24) is 5.32 Å². The van der Waals surface area contributed by atoms with Gasteiger partial charge in [0.05, 0.1) is 23.8 Å². The van der Waals surface area contributed by atoms with Gasteiger partial charge in [0, 0.05) is 12.1 Å². The highest BCUT2D eigenvalue weighted by molar-refractivity contribution is 5.91. The first kappa shape index (κ1) is 18.3. The molecule has 7 heteroatoms. The molecule has 0 unspecified atom stereocenters. The van der Waals surface area contributed by atoms with Crippen LogP contribution in [0.2, 0.25) is 0 Å². The second-order valence-electron chi connectivity index (χ2n) is 5.67. The van der Waals surface area contributed by atoms with Gasteiger partial charge in [-0.05, 0) is 31.4 Å². The molecule has 2 rings (SSSR count). The lowest BCUT2D eigenvalue weighted by Crippen LogP contribution is -2.36. The molecular weight excluding hydrogens is 322 g/mol. The molecule has 0 saturated heterocycles. The fourth-order valence-electron chi connectivity index (χ4n) is 2.38. The molecule has 0 aromatic heterocycles. The Bertz CT molecular complexity index is 734. The molecule has 1 atom stereocenters. The quantitative estimate of drug-likeness (QED) is 0.591. The number of ether oxygens (including phenoxy) is 1. The van der Waals surface area contributed by atoms with Crippen molar-refractivity contribution < 1.29 is 14.5 Å². The summed E-state index contributed by atoms with van der Waals surface area (Å²) in [5.74, 6) is 0.237. The van der Waals surface area contributed by atoms with Gasteiger partial charge in [0.15, 0.2) is 0 Å². The molecule has 0 bridgehead atoms. The van der Waals surface area contributed by atoms with Gasteiger partial charge < -0.3 is 15.4 Å². The van der Waals surface area contributed by atoms with E-state index in [0.29, 0.717) is 5.69 Å². The molecule has 0 aliphatic carbocycles. The highest BCUT2D eigenvalue weighted by atomic mass is 16.6. The number of rotatable bonds is 7. The van der Waals surface area contributed by atoms with Crippen molar-refractivity contribution in [3.8, 4) is 5.75 Å². The van der Waals surface area contributed by atoms with Crippen molar-refractivity contribution in [1.29, 1.82) is 0 Å². The Morgan fingerprint density at radius 1 is 1.24 bits per heavy atom. The number of carbonyl (C=O) groups is 1. The topological polar surface area (TPSA) is 93.5 Å². The molecule has 0 radical (unpaired) electrons. The summed E-state index contributed by atoms with van der Waals surface area (Å²) in [6, 6.07) is 13.7. The summed E-state index contributed by atoms with van der Waals surface area (Å²) >= 11 is 0. The number of methoxy groups -OCH3 is 1. The van der Waals surface area contributed by atoms with Crippen LogP contribution in [-0.2, 0) is 6.42 Å². The van der Waals surface area contributed by atoms with Crippen LogP contribution in [0.25, 0.3) is 0 Å². The molecule has 0 spiro atoms. The van der Waals surface area contributed by atoms with E-state index in [0.717, 1.165) is 12.8 Å². The van der Waals surface area contributed by atoms with Crippen molar-refractivity contribution in [3.05, 3.63) is 64.2 Å². The maximum atomic E-state index is 12.1. The van der Waals surface area contributed by atoms with Gasteiger partial charge in [-0.25, -0.2) is 4.79 Å². The van der Waals surface area contributed by atoms with Gasteiger partial charge in [0.25, 0.3) is 5.69 Å². The van der Waals surface area contributed by atoms with Gasteiger partial charge in [-0.1, -0.05) is 30.3 Å². The largest absolute Gasteiger partial charge is 0.494 e. The van der Waals surface area contributed by atoms with E-state index in [4.69, 9.17) is 4.74 Å². The standard InChI is InChI=1S/C18H21N3O4/c1-13(8-9-14-6-4-3-5-7-14)19-18(22)20-16-11-10-15(21(23)24)12-17(16)25-2/h3-7,10-13H,8-9H2,1-2H3,(H2,19,20,22)/t13-/m1/s1. The van der Waals surface area contributed by atoms with Crippen molar-refractivity contribution in [2.24, 2.45) is 0 Å². The summed E-state index contributed by atoms with van der Waals surface area (Å²) in [4.78, 5) is 22.4. The number of nitrogens with one attached hydrogen (secondary N) is 2. The van der Waals surface area contributed by atoms with Gasteiger partial charge in [-0.3, -0.25) is 10.1 Å². The van der Waals surface area contributed by atoms with E-state index in [1.54, 1.807) is 0 Å². The van der Waals surface area contributed by atoms with Crippen LogP contribution in [0.4, 0.5) is 16.2 Å². The first-order chi connectivity index (χ1) is 12.0. The number of nitro benzene ring substituents is 1. The zero-order valence-electron chi connectivity index (χ0n) is 14.2. The third-order valence-electron chi connectivity index (χ3n) is 3.73. The summed E-state index contributed by atoms with van der Waals surface area (Å²) in [5.41, 5.74) is 1.49. The fraction of sp³-hybridized carbons (Fsp3) is 0.278. The molecule has 2 N–H and O–H groups in total. The Labute approximate surface area is 146 Å². The van der Waals surface area contributed by atoms with Gasteiger partial charge in [0.1, 0.15) is 5.75 Å². The first-order valence-electron chi connectivity index (χ1n) is 7.93. The SMILES string of the molecule is COc1cc([N+](=O)[O-])ccc1NC(=O)N[C@H](C)CCc1ccccc1. The van der Waals surface area contributed by atoms with E-state index < -0.39 is 4.92 Å². The normalized spacial score (nSPS) is 11.4. The van der Waals surface area contributed by atoms with Crippen LogP contribution in [0.1, 0.15) is 18.9 Å². The Kier molecular flexibility index (Phi) is 6.33. The molecule has 0 fully saturated rings. The molecule has 0 saturated carbocycles. The number of nitrogens with zero attached hydrogens (tertiary/aromatic N) is 1.